The quantitative estimate of drug-likeness (QED) is 0.149. The molecule has 0 fully saturated rings. The number of hydrazone groups is 1. The molecule has 2 aliphatic heterocycles. The van der Waals surface area contributed by atoms with Gasteiger partial charge in [-0.2, -0.15) is 5.10 Å². The summed E-state index contributed by atoms with van der Waals surface area (Å²) in [5.41, 5.74) is 10.5. The Morgan fingerprint density at radius 1 is 1.33 bits per heavy atom. The fourth-order valence-corrected chi connectivity index (χ4v) is 4.65. The first-order chi connectivity index (χ1) is 15.9. The first kappa shape index (κ1) is 21.1. The van der Waals surface area contributed by atoms with Crippen LogP contribution in [-0.4, -0.2) is 45.1 Å². The predicted molar refractivity (Wildman–Crippen MR) is 122 cm³/mol. The number of carbonyl (C=O) groups excluding carboxylic acids is 1. The Morgan fingerprint density at radius 3 is 2.88 bits per heavy atom. The van der Waals surface area contributed by atoms with E-state index >= 15 is 0 Å². The van der Waals surface area contributed by atoms with Gasteiger partial charge in [-0.25, -0.2) is 9.78 Å². The third kappa shape index (κ3) is 2.95. The summed E-state index contributed by atoms with van der Waals surface area (Å²) in [5.74, 6) is -0.818. The van der Waals surface area contributed by atoms with Crippen molar-refractivity contribution in [3.63, 3.8) is 0 Å². The van der Waals surface area contributed by atoms with Crippen molar-refractivity contribution in [1.29, 1.82) is 0 Å². The van der Waals surface area contributed by atoms with Gasteiger partial charge in [0.25, 0.3) is 5.56 Å². The third-order valence-electron chi connectivity index (χ3n) is 6.30. The molecule has 2 aromatic heterocycles. The minimum Gasteiger partial charge on any atom is -0.458 e. The first-order valence-electron chi connectivity index (χ1n) is 10.7. The molecule has 5 N–H and O–H groups in total. The van der Waals surface area contributed by atoms with Crippen molar-refractivity contribution in [2.75, 3.05) is 18.9 Å². The van der Waals surface area contributed by atoms with Crippen LogP contribution in [0.3, 0.4) is 0 Å². The number of nitrogens with zero attached hydrogens (tertiary/aromatic N) is 3. The highest BCUT2D eigenvalue weighted by Gasteiger charge is 2.47. The Labute approximate surface area is 188 Å². The van der Waals surface area contributed by atoms with Crippen LogP contribution in [0, 0.1) is 0 Å². The zero-order valence-corrected chi connectivity index (χ0v) is 18.0. The van der Waals surface area contributed by atoms with E-state index in [1.54, 1.807) is 13.1 Å². The van der Waals surface area contributed by atoms with E-state index in [0.717, 1.165) is 16.5 Å². The lowest BCUT2D eigenvalue weighted by Gasteiger charge is -2.33. The molecule has 4 heterocycles. The van der Waals surface area contributed by atoms with Gasteiger partial charge >= 0.3 is 5.97 Å². The lowest BCUT2D eigenvalue weighted by molar-refractivity contribution is -0.172. The number of aromatic nitrogens is 2. The number of fused-ring (bicyclic) bond motifs is 5. The van der Waals surface area contributed by atoms with Gasteiger partial charge in [-0.3, -0.25) is 4.79 Å². The maximum atomic E-state index is 13.4. The van der Waals surface area contributed by atoms with E-state index in [9.17, 15) is 14.7 Å². The van der Waals surface area contributed by atoms with Crippen LogP contribution >= 0.6 is 0 Å². The lowest BCUT2D eigenvalue weighted by Crippen LogP contribution is -2.45. The minimum atomic E-state index is -2.00. The Balaban J connectivity index is 1.80. The van der Waals surface area contributed by atoms with E-state index < -0.39 is 11.6 Å². The summed E-state index contributed by atoms with van der Waals surface area (Å²) in [4.78, 5) is 30.7. The summed E-state index contributed by atoms with van der Waals surface area (Å²) < 4.78 is 6.64. The third-order valence-corrected chi connectivity index (χ3v) is 6.30. The Bertz CT molecular complexity index is 1400. The number of nitrogens with two attached hydrogens (primary N) is 1. The summed E-state index contributed by atoms with van der Waals surface area (Å²) in [6, 6.07) is 7.51. The number of anilines is 1. The van der Waals surface area contributed by atoms with Crippen molar-refractivity contribution in [2.45, 2.75) is 32.1 Å². The molecule has 2 aliphatic rings. The molecule has 0 aliphatic carbocycles. The van der Waals surface area contributed by atoms with Gasteiger partial charge in [0.1, 0.15) is 6.61 Å². The molecule has 0 saturated heterocycles. The van der Waals surface area contributed by atoms with Gasteiger partial charge in [0.05, 0.1) is 54.1 Å². The van der Waals surface area contributed by atoms with Crippen molar-refractivity contribution < 1.29 is 19.7 Å². The molecule has 0 unspecified atom stereocenters. The molecule has 3 aromatic rings. The standard InChI is InChI=1S/C23H23N5O5/c1-2-23(32)17-15(11-33-22(23)31)21(30)28-10-14-13(9-26-25-7-8-29)12-5-3-4-6-16(12)27-19(14)20(28)18(17)24/h3-6,9,25,29,32H,2,7-8,10-11,24H2,1H3/b26-9+/t23-/m0/s1. The molecule has 1 atom stereocenters. The number of aliphatic hydroxyl groups excluding tert-OH is 1. The van der Waals surface area contributed by atoms with E-state index in [4.69, 9.17) is 20.6 Å². The summed E-state index contributed by atoms with van der Waals surface area (Å²) in [5, 5.41) is 25.2. The summed E-state index contributed by atoms with van der Waals surface area (Å²) in [7, 11) is 0. The van der Waals surface area contributed by atoms with Crippen LogP contribution in [0.5, 0.6) is 0 Å². The van der Waals surface area contributed by atoms with Crippen LogP contribution in [0.25, 0.3) is 22.3 Å². The van der Waals surface area contributed by atoms with Crippen molar-refractivity contribution in [3.8, 4) is 11.4 Å². The Kier molecular flexibility index (Phi) is 4.91. The number of ether oxygens (including phenoxy) is 1. The number of pyridine rings is 2. The molecule has 0 bridgehead atoms. The number of nitrogens with one attached hydrogen (secondary N) is 1. The Hall–Kier alpha value is -3.76. The number of cyclic esters (lactones) is 1. The van der Waals surface area contributed by atoms with Crippen LogP contribution in [0.2, 0.25) is 0 Å². The van der Waals surface area contributed by atoms with E-state index in [1.165, 1.54) is 4.57 Å². The number of carbonyl (C=O) groups is 1. The average Bonchev–Trinajstić information content (AvgIpc) is 3.21. The normalized spacial score (nSPS) is 18.8. The van der Waals surface area contributed by atoms with Gasteiger partial charge in [-0.1, -0.05) is 25.1 Å². The SMILES string of the molecule is CC[C@@]1(O)C(=O)OCc2c1c(N)c1n(c2=O)Cc2c-1nc1ccccc1c2/C=N/NCCO. The zero-order valence-electron chi connectivity index (χ0n) is 18.0. The fourth-order valence-electron chi connectivity index (χ4n) is 4.65. The number of hydrogen-bond donors (Lipinski definition) is 4. The van der Waals surface area contributed by atoms with Gasteiger partial charge in [-0.05, 0) is 12.5 Å². The predicted octanol–water partition coefficient (Wildman–Crippen LogP) is 0.578. The smallest absolute Gasteiger partial charge is 0.343 e. The van der Waals surface area contributed by atoms with E-state index in [-0.39, 0.29) is 48.6 Å². The lowest BCUT2D eigenvalue weighted by atomic mass is 9.84. The molecule has 33 heavy (non-hydrogen) atoms. The molecule has 0 amide bonds. The number of hydrogen-bond acceptors (Lipinski definition) is 9. The molecule has 170 valence electrons. The van der Waals surface area contributed by atoms with Crippen LogP contribution in [-0.2, 0) is 28.3 Å². The van der Waals surface area contributed by atoms with Gasteiger partial charge in [0.2, 0.25) is 0 Å². The van der Waals surface area contributed by atoms with Crippen LogP contribution in [0.4, 0.5) is 5.69 Å². The number of para-hydroxylation sites is 1. The molecule has 5 rings (SSSR count). The summed E-state index contributed by atoms with van der Waals surface area (Å²) in [6.07, 6.45) is 1.65. The number of benzene rings is 1. The van der Waals surface area contributed by atoms with Crippen molar-refractivity contribution in [3.05, 3.63) is 56.9 Å². The maximum Gasteiger partial charge on any atom is 0.343 e. The second-order valence-electron chi connectivity index (χ2n) is 8.06. The summed E-state index contributed by atoms with van der Waals surface area (Å²) in [6.45, 7) is 1.83. The zero-order chi connectivity index (χ0) is 23.3. The molecule has 1 aromatic carbocycles. The van der Waals surface area contributed by atoms with Crippen molar-refractivity contribution >= 4 is 28.8 Å². The average molecular weight is 449 g/mol. The Morgan fingerprint density at radius 2 is 2.12 bits per heavy atom. The van der Waals surface area contributed by atoms with Gasteiger partial charge in [0.15, 0.2) is 5.60 Å². The molecule has 10 heteroatoms. The van der Waals surface area contributed by atoms with Crippen molar-refractivity contribution in [1.82, 2.24) is 15.0 Å². The molecule has 0 spiro atoms. The number of rotatable bonds is 5. The molecule has 0 radical (unpaired) electrons. The van der Waals surface area contributed by atoms with E-state index in [0.29, 0.717) is 23.4 Å². The fraction of sp³-hybridized carbons (Fsp3) is 0.304. The van der Waals surface area contributed by atoms with Gasteiger partial charge < -0.3 is 30.7 Å². The van der Waals surface area contributed by atoms with E-state index in [2.05, 4.69) is 10.5 Å². The summed E-state index contributed by atoms with van der Waals surface area (Å²) >= 11 is 0. The highest BCUT2D eigenvalue weighted by Crippen LogP contribution is 2.44. The van der Waals surface area contributed by atoms with Crippen LogP contribution < -0.4 is 16.7 Å². The van der Waals surface area contributed by atoms with Crippen molar-refractivity contribution in [2.24, 2.45) is 5.10 Å². The van der Waals surface area contributed by atoms with E-state index in [1.807, 2.05) is 24.3 Å². The van der Waals surface area contributed by atoms with Crippen LogP contribution in [0.15, 0.2) is 34.2 Å². The monoisotopic (exact) mass is 449 g/mol. The largest absolute Gasteiger partial charge is 0.458 e. The highest BCUT2D eigenvalue weighted by molar-refractivity contribution is 6.03. The van der Waals surface area contributed by atoms with Crippen LogP contribution in [0.1, 0.15) is 35.6 Å². The van der Waals surface area contributed by atoms with Gasteiger partial charge in [0, 0.05) is 22.1 Å². The topological polar surface area (TPSA) is 152 Å². The number of aliphatic hydroxyl groups is 2. The minimum absolute atomic E-state index is 0.0123. The molecular formula is C23H23N5O5. The molecule has 0 saturated carbocycles. The highest BCUT2D eigenvalue weighted by atomic mass is 16.6. The number of nitrogen functional groups attached to an aromatic ring is 1. The molecular weight excluding hydrogens is 426 g/mol. The second kappa shape index (κ2) is 7.68. The maximum absolute atomic E-state index is 13.4. The van der Waals surface area contributed by atoms with Gasteiger partial charge in [-0.15, -0.1) is 0 Å². The second-order valence-corrected chi connectivity index (χ2v) is 8.06. The molecule has 10 nitrogen and oxygen atoms in total. The number of esters is 1. The first-order valence-corrected chi connectivity index (χ1v) is 10.7.